The maximum atomic E-state index is 13.6. The zero-order valence-corrected chi connectivity index (χ0v) is 13.6. The Morgan fingerprint density at radius 1 is 0.769 bits per heavy atom. The van der Waals surface area contributed by atoms with Crippen LogP contribution >= 0.6 is 0 Å². The summed E-state index contributed by atoms with van der Waals surface area (Å²) in [6, 6.07) is 18.6. The molecule has 2 N–H and O–H groups in total. The summed E-state index contributed by atoms with van der Waals surface area (Å²) in [5.41, 5.74) is 2.08. The van der Waals surface area contributed by atoms with Crippen LogP contribution in [0.15, 0.2) is 66.7 Å². The molecular formula is C20H15F3N2O. The second-order valence-electron chi connectivity index (χ2n) is 5.54. The van der Waals surface area contributed by atoms with Crippen LogP contribution in [0, 0.1) is 17.5 Å². The quantitative estimate of drug-likeness (QED) is 0.644. The SMILES string of the molecule is O=C(CNc1ccc(F)c(F)c1F)Nc1ccccc1-c1ccccc1. The Bertz CT molecular complexity index is 930. The first-order valence-electron chi connectivity index (χ1n) is 7.88. The number of hydrogen-bond donors (Lipinski definition) is 2. The highest BCUT2D eigenvalue weighted by atomic mass is 19.2. The summed E-state index contributed by atoms with van der Waals surface area (Å²) in [7, 11) is 0. The fourth-order valence-corrected chi connectivity index (χ4v) is 2.49. The van der Waals surface area contributed by atoms with Gasteiger partial charge in [-0.15, -0.1) is 0 Å². The highest BCUT2D eigenvalue weighted by Gasteiger charge is 2.14. The molecule has 0 saturated heterocycles. The van der Waals surface area contributed by atoms with E-state index >= 15 is 0 Å². The Hall–Kier alpha value is -3.28. The third-order valence-electron chi connectivity index (χ3n) is 3.76. The molecule has 3 aromatic carbocycles. The number of amides is 1. The lowest BCUT2D eigenvalue weighted by Crippen LogP contribution is -2.22. The van der Waals surface area contributed by atoms with Crippen molar-refractivity contribution in [1.82, 2.24) is 0 Å². The van der Waals surface area contributed by atoms with E-state index in [1.54, 1.807) is 12.1 Å². The largest absolute Gasteiger partial charge is 0.374 e. The van der Waals surface area contributed by atoms with Crippen molar-refractivity contribution in [1.29, 1.82) is 0 Å². The Kier molecular flexibility index (Phi) is 5.22. The molecule has 0 unspecified atom stereocenters. The summed E-state index contributed by atoms with van der Waals surface area (Å²) in [4.78, 5) is 12.2. The van der Waals surface area contributed by atoms with Gasteiger partial charge in [-0.1, -0.05) is 48.5 Å². The van der Waals surface area contributed by atoms with Gasteiger partial charge in [0.15, 0.2) is 17.5 Å². The number of anilines is 2. The first-order chi connectivity index (χ1) is 12.6. The van der Waals surface area contributed by atoms with Gasteiger partial charge in [-0.2, -0.15) is 0 Å². The van der Waals surface area contributed by atoms with Crippen LogP contribution in [0.4, 0.5) is 24.5 Å². The predicted octanol–water partition coefficient (Wildman–Crippen LogP) is 4.82. The molecule has 0 saturated carbocycles. The van der Waals surface area contributed by atoms with Crippen LogP contribution in [0.3, 0.4) is 0 Å². The summed E-state index contributed by atoms with van der Waals surface area (Å²) in [5, 5.41) is 5.20. The van der Waals surface area contributed by atoms with Crippen LogP contribution in [-0.2, 0) is 4.79 Å². The van der Waals surface area contributed by atoms with Gasteiger partial charge in [0.05, 0.1) is 12.2 Å². The average molecular weight is 356 g/mol. The minimum Gasteiger partial charge on any atom is -0.374 e. The topological polar surface area (TPSA) is 41.1 Å². The van der Waals surface area contributed by atoms with Crippen molar-refractivity contribution >= 4 is 17.3 Å². The Balaban J connectivity index is 1.71. The predicted molar refractivity (Wildman–Crippen MR) is 95.3 cm³/mol. The van der Waals surface area contributed by atoms with Gasteiger partial charge < -0.3 is 10.6 Å². The van der Waals surface area contributed by atoms with E-state index in [2.05, 4.69) is 10.6 Å². The molecule has 0 aromatic heterocycles. The van der Waals surface area contributed by atoms with Crippen LogP contribution in [-0.4, -0.2) is 12.5 Å². The van der Waals surface area contributed by atoms with Crippen molar-refractivity contribution < 1.29 is 18.0 Å². The molecule has 0 bridgehead atoms. The van der Waals surface area contributed by atoms with E-state index < -0.39 is 23.4 Å². The maximum absolute atomic E-state index is 13.6. The van der Waals surface area contributed by atoms with Gasteiger partial charge in [0, 0.05) is 11.3 Å². The number of nitrogens with one attached hydrogen (secondary N) is 2. The fraction of sp³-hybridized carbons (Fsp3) is 0.0500. The Morgan fingerprint density at radius 3 is 2.23 bits per heavy atom. The molecule has 0 fully saturated rings. The van der Waals surface area contributed by atoms with E-state index in [-0.39, 0.29) is 12.2 Å². The molecule has 3 nitrogen and oxygen atoms in total. The number of carbonyl (C=O) groups is 1. The molecule has 0 atom stereocenters. The number of benzene rings is 3. The Morgan fingerprint density at radius 2 is 1.46 bits per heavy atom. The van der Waals surface area contributed by atoms with Gasteiger partial charge in [0.2, 0.25) is 5.91 Å². The minimum atomic E-state index is -1.58. The van der Waals surface area contributed by atoms with Gasteiger partial charge in [-0.25, -0.2) is 13.2 Å². The molecule has 6 heteroatoms. The van der Waals surface area contributed by atoms with Crippen LogP contribution in [0.2, 0.25) is 0 Å². The molecule has 0 aliphatic heterocycles. The van der Waals surface area contributed by atoms with Crippen molar-refractivity contribution in [3.05, 3.63) is 84.2 Å². The summed E-state index contributed by atoms with van der Waals surface area (Å²) >= 11 is 0. The van der Waals surface area contributed by atoms with Crippen molar-refractivity contribution in [2.24, 2.45) is 0 Å². The fourth-order valence-electron chi connectivity index (χ4n) is 2.49. The van der Waals surface area contributed by atoms with Crippen molar-refractivity contribution in [3.63, 3.8) is 0 Å². The zero-order valence-electron chi connectivity index (χ0n) is 13.6. The molecule has 26 heavy (non-hydrogen) atoms. The van der Waals surface area contributed by atoms with Crippen molar-refractivity contribution in [2.75, 3.05) is 17.2 Å². The smallest absolute Gasteiger partial charge is 0.243 e. The van der Waals surface area contributed by atoms with Crippen LogP contribution in [0.5, 0.6) is 0 Å². The third kappa shape index (κ3) is 3.85. The maximum Gasteiger partial charge on any atom is 0.243 e. The van der Waals surface area contributed by atoms with Gasteiger partial charge in [0.25, 0.3) is 0 Å². The van der Waals surface area contributed by atoms with E-state index in [0.29, 0.717) is 5.69 Å². The molecular weight excluding hydrogens is 341 g/mol. The highest BCUT2D eigenvalue weighted by molar-refractivity contribution is 5.97. The van der Waals surface area contributed by atoms with E-state index in [0.717, 1.165) is 23.3 Å². The lowest BCUT2D eigenvalue weighted by atomic mass is 10.0. The van der Waals surface area contributed by atoms with Crippen LogP contribution in [0.25, 0.3) is 11.1 Å². The van der Waals surface area contributed by atoms with E-state index in [1.807, 2.05) is 42.5 Å². The second-order valence-corrected chi connectivity index (χ2v) is 5.54. The van der Waals surface area contributed by atoms with E-state index in [9.17, 15) is 18.0 Å². The van der Waals surface area contributed by atoms with Crippen LogP contribution in [0.1, 0.15) is 0 Å². The number of rotatable bonds is 5. The monoisotopic (exact) mass is 356 g/mol. The van der Waals surface area contributed by atoms with E-state index in [4.69, 9.17) is 0 Å². The standard InChI is InChI=1S/C20H15F3N2O/c21-15-10-11-17(20(23)19(15)22)24-12-18(26)25-16-9-5-4-8-14(16)13-6-2-1-3-7-13/h1-11,24H,12H2,(H,25,26). The first kappa shape index (κ1) is 17.5. The molecule has 3 aromatic rings. The number of hydrogen-bond acceptors (Lipinski definition) is 2. The average Bonchev–Trinajstić information content (AvgIpc) is 2.67. The van der Waals surface area contributed by atoms with Crippen LogP contribution < -0.4 is 10.6 Å². The third-order valence-corrected chi connectivity index (χ3v) is 3.76. The number of para-hydroxylation sites is 1. The normalized spacial score (nSPS) is 10.4. The Labute approximate surface area is 148 Å². The molecule has 0 aliphatic rings. The molecule has 0 spiro atoms. The highest BCUT2D eigenvalue weighted by Crippen LogP contribution is 2.27. The van der Waals surface area contributed by atoms with Crippen molar-refractivity contribution in [3.8, 4) is 11.1 Å². The van der Waals surface area contributed by atoms with Gasteiger partial charge in [-0.3, -0.25) is 4.79 Å². The lowest BCUT2D eigenvalue weighted by Gasteiger charge is -2.12. The summed E-state index contributed by atoms with van der Waals surface area (Å²) in [6.45, 7) is -0.300. The van der Waals surface area contributed by atoms with Crippen molar-refractivity contribution in [2.45, 2.75) is 0 Å². The molecule has 3 rings (SSSR count). The minimum absolute atomic E-state index is 0.282. The number of carbonyl (C=O) groups excluding carboxylic acids is 1. The molecule has 132 valence electrons. The summed E-state index contributed by atoms with van der Waals surface area (Å²) < 4.78 is 39.8. The number of halogens is 3. The first-order valence-corrected chi connectivity index (χ1v) is 7.88. The summed E-state index contributed by atoms with van der Waals surface area (Å²) in [5.74, 6) is -4.67. The molecule has 0 heterocycles. The molecule has 0 radical (unpaired) electrons. The lowest BCUT2D eigenvalue weighted by molar-refractivity contribution is -0.114. The van der Waals surface area contributed by atoms with Gasteiger partial charge in [0.1, 0.15) is 0 Å². The zero-order chi connectivity index (χ0) is 18.5. The second kappa shape index (κ2) is 7.74. The summed E-state index contributed by atoms with van der Waals surface area (Å²) in [6.07, 6.45) is 0. The molecule has 0 aliphatic carbocycles. The van der Waals surface area contributed by atoms with Gasteiger partial charge in [-0.05, 0) is 23.8 Å². The van der Waals surface area contributed by atoms with Gasteiger partial charge >= 0.3 is 0 Å². The molecule has 1 amide bonds. The van der Waals surface area contributed by atoms with E-state index in [1.165, 1.54) is 0 Å².